The third kappa shape index (κ3) is 4.66. The minimum atomic E-state index is 0.0611. The van der Waals surface area contributed by atoms with Crippen molar-refractivity contribution in [1.29, 1.82) is 0 Å². The molecule has 0 aliphatic carbocycles. The molecule has 1 atom stereocenters. The third-order valence-corrected chi connectivity index (χ3v) is 3.83. The Balaban J connectivity index is 1.63. The summed E-state index contributed by atoms with van der Waals surface area (Å²) in [6, 6.07) is 3.81. The van der Waals surface area contributed by atoms with Crippen LogP contribution in [0, 0.1) is 0 Å². The maximum atomic E-state index is 11.7. The van der Waals surface area contributed by atoms with Gasteiger partial charge in [-0.1, -0.05) is 0 Å². The van der Waals surface area contributed by atoms with Crippen LogP contribution >= 0.6 is 11.8 Å². The van der Waals surface area contributed by atoms with Gasteiger partial charge in [0.1, 0.15) is 0 Å². The largest absolute Gasteiger partial charge is 0.376 e. The number of amides is 1. The standard InChI is InChI=1S/C13H18N2O2S/c16-13(10-18-12-4-6-14-7-5-12)15-9-11-3-1-2-8-17-11/h4-7,11H,1-3,8-10H2,(H,15,16). The van der Waals surface area contributed by atoms with Gasteiger partial charge in [-0.25, -0.2) is 0 Å². The highest BCUT2D eigenvalue weighted by Gasteiger charge is 2.14. The number of hydrogen-bond acceptors (Lipinski definition) is 4. The lowest BCUT2D eigenvalue weighted by atomic mass is 10.1. The summed E-state index contributed by atoms with van der Waals surface area (Å²) in [6.45, 7) is 1.46. The first kappa shape index (κ1) is 13.4. The Morgan fingerprint density at radius 1 is 1.44 bits per heavy atom. The molecule has 0 spiro atoms. The first-order chi connectivity index (χ1) is 8.84. The smallest absolute Gasteiger partial charge is 0.230 e. The van der Waals surface area contributed by atoms with Crippen LogP contribution in [-0.4, -0.2) is 35.9 Å². The van der Waals surface area contributed by atoms with Gasteiger partial charge in [-0.2, -0.15) is 0 Å². The highest BCUT2D eigenvalue weighted by atomic mass is 32.2. The third-order valence-electron chi connectivity index (χ3n) is 2.82. The number of nitrogens with one attached hydrogen (secondary N) is 1. The fourth-order valence-electron chi connectivity index (χ4n) is 1.83. The van der Waals surface area contributed by atoms with Crippen LogP contribution in [0.2, 0.25) is 0 Å². The molecule has 1 unspecified atom stereocenters. The summed E-state index contributed by atoms with van der Waals surface area (Å²) in [5, 5.41) is 2.92. The Morgan fingerprint density at radius 3 is 3.00 bits per heavy atom. The van der Waals surface area contributed by atoms with Crippen molar-refractivity contribution in [1.82, 2.24) is 10.3 Å². The fourth-order valence-corrected chi connectivity index (χ4v) is 2.54. The van der Waals surface area contributed by atoms with Gasteiger partial charge in [-0.15, -0.1) is 11.8 Å². The van der Waals surface area contributed by atoms with Crippen LogP contribution in [-0.2, 0) is 9.53 Å². The molecule has 5 heteroatoms. The van der Waals surface area contributed by atoms with Crippen LogP contribution < -0.4 is 5.32 Å². The van der Waals surface area contributed by atoms with E-state index >= 15 is 0 Å². The molecule has 18 heavy (non-hydrogen) atoms. The van der Waals surface area contributed by atoms with Crippen molar-refractivity contribution in [3.05, 3.63) is 24.5 Å². The molecule has 2 rings (SSSR count). The van der Waals surface area contributed by atoms with E-state index in [1.165, 1.54) is 18.2 Å². The van der Waals surface area contributed by atoms with Crippen LogP contribution in [0.3, 0.4) is 0 Å². The minimum absolute atomic E-state index is 0.0611. The lowest BCUT2D eigenvalue weighted by molar-refractivity contribution is -0.119. The van der Waals surface area contributed by atoms with Crippen molar-refractivity contribution in [2.45, 2.75) is 30.3 Å². The van der Waals surface area contributed by atoms with Gasteiger partial charge < -0.3 is 10.1 Å². The Labute approximate surface area is 112 Å². The zero-order chi connectivity index (χ0) is 12.6. The van der Waals surface area contributed by atoms with Crippen molar-refractivity contribution in [3.63, 3.8) is 0 Å². The van der Waals surface area contributed by atoms with Gasteiger partial charge >= 0.3 is 0 Å². The molecule has 0 aromatic carbocycles. The molecule has 0 radical (unpaired) electrons. The van der Waals surface area contributed by atoms with Crippen molar-refractivity contribution in [2.24, 2.45) is 0 Å². The van der Waals surface area contributed by atoms with Gasteiger partial charge in [0.05, 0.1) is 11.9 Å². The Hall–Kier alpha value is -1.07. The Bertz CT molecular complexity index is 367. The normalized spacial score (nSPS) is 19.4. The monoisotopic (exact) mass is 266 g/mol. The van der Waals surface area contributed by atoms with Gasteiger partial charge in [0.15, 0.2) is 0 Å². The molecule has 4 nitrogen and oxygen atoms in total. The average Bonchev–Trinajstić information content (AvgIpc) is 2.45. The maximum Gasteiger partial charge on any atom is 0.230 e. The Kier molecular flexibility index (Phi) is 5.48. The number of nitrogens with zero attached hydrogens (tertiary/aromatic N) is 1. The van der Waals surface area contributed by atoms with E-state index in [1.54, 1.807) is 12.4 Å². The van der Waals surface area contributed by atoms with E-state index in [0.717, 1.165) is 24.3 Å². The molecule has 1 N–H and O–H groups in total. The van der Waals surface area contributed by atoms with Crippen molar-refractivity contribution < 1.29 is 9.53 Å². The quantitative estimate of drug-likeness (QED) is 0.827. The van der Waals surface area contributed by atoms with Crippen LogP contribution in [0.1, 0.15) is 19.3 Å². The number of hydrogen-bond donors (Lipinski definition) is 1. The summed E-state index contributed by atoms with van der Waals surface area (Å²) in [5.41, 5.74) is 0. The van der Waals surface area contributed by atoms with E-state index in [-0.39, 0.29) is 12.0 Å². The van der Waals surface area contributed by atoms with Crippen molar-refractivity contribution >= 4 is 17.7 Å². The van der Waals surface area contributed by atoms with E-state index < -0.39 is 0 Å². The predicted molar refractivity (Wildman–Crippen MR) is 71.6 cm³/mol. The summed E-state index contributed by atoms with van der Waals surface area (Å²) in [5.74, 6) is 0.502. The molecule has 98 valence electrons. The number of carbonyl (C=O) groups excluding carboxylic acids is 1. The predicted octanol–water partition coefficient (Wildman–Crippen LogP) is 1.86. The summed E-state index contributed by atoms with van der Waals surface area (Å²) in [7, 11) is 0. The summed E-state index contributed by atoms with van der Waals surface area (Å²) in [4.78, 5) is 16.7. The van der Waals surface area contributed by atoms with Crippen LogP contribution in [0.5, 0.6) is 0 Å². The molecule has 0 saturated carbocycles. The van der Waals surface area contributed by atoms with E-state index in [0.29, 0.717) is 12.3 Å². The average molecular weight is 266 g/mol. The fraction of sp³-hybridized carbons (Fsp3) is 0.538. The van der Waals surface area contributed by atoms with Gasteiger partial charge in [0, 0.05) is 30.4 Å². The van der Waals surface area contributed by atoms with E-state index in [9.17, 15) is 4.79 Å². The molecule has 0 bridgehead atoms. The lowest BCUT2D eigenvalue weighted by Crippen LogP contribution is -2.36. The van der Waals surface area contributed by atoms with E-state index in [2.05, 4.69) is 10.3 Å². The molecular weight excluding hydrogens is 248 g/mol. The van der Waals surface area contributed by atoms with Gasteiger partial charge in [-0.05, 0) is 31.4 Å². The van der Waals surface area contributed by atoms with E-state index in [4.69, 9.17) is 4.74 Å². The number of thioether (sulfide) groups is 1. The molecule has 1 saturated heterocycles. The van der Waals surface area contributed by atoms with Gasteiger partial charge in [0.25, 0.3) is 0 Å². The first-order valence-corrected chi connectivity index (χ1v) is 7.24. The molecule has 1 aliphatic heterocycles. The van der Waals surface area contributed by atoms with Crippen LogP contribution in [0.15, 0.2) is 29.4 Å². The second kappa shape index (κ2) is 7.38. The maximum absolute atomic E-state index is 11.7. The molecule has 1 aromatic heterocycles. The second-order valence-electron chi connectivity index (χ2n) is 4.26. The summed E-state index contributed by atoms with van der Waals surface area (Å²) >= 11 is 1.52. The lowest BCUT2D eigenvalue weighted by Gasteiger charge is -2.22. The number of aromatic nitrogens is 1. The van der Waals surface area contributed by atoms with E-state index in [1.807, 2.05) is 12.1 Å². The van der Waals surface area contributed by atoms with Gasteiger partial charge in [-0.3, -0.25) is 9.78 Å². The van der Waals surface area contributed by atoms with Crippen LogP contribution in [0.4, 0.5) is 0 Å². The Morgan fingerprint density at radius 2 is 2.28 bits per heavy atom. The number of carbonyl (C=O) groups is 1. The number of ether oxygens (including phenoxy) is 1. The first-order valence-electron chi connectivity index (χ1n) is 6.26. The molecule has 1 aliphatic rings. The molecule has 1 fully saturated rings. The minimum Gasteiger partial charge on any atom is -0.376 e. The number of rotatable bonds is 5. The van der Waals surface area contributed by atoms with Crippen LogP contribution in [0.25, 0.3) is 0 Å². The topological polar surface area (TPSA) is 51.2 Å². The highest BCUT2D eigenvalue weighted by Crippen LogP contribution is 2.15. The summed E-state index contributed by atoms with van der Waals surface area (Å²) in [6.07, 6.45) is 7.06. The van der Waals surface area contributed by atoms with Crippen molar-refractivity contribution in [2.75, 3.05) is 18.9 Å². The molecule has 1 amide bonds. The summed E-state index contributed by atoms with van der Waals surface area (Å²) < 4.78 is 5.56. The zero-order valence-corrected chi connectivity index (χ0v) is 11.1. The SMILES string of the molecule is O=C(CSc1ccncc1)NCC1CCCCO1. The zero-order valence-electron chi connectivity index (χ0n) is 10.3. The van der Waals surface area contributed by atoms with Gasteiger partial charge in [0.2, 0.25) is 5.91 Å². The van der Waals surface area contributed by atoms with Crippen molar-refractivity contribution in [3.8, 4) is 0 Å². The molecular formula is C13H18N2O2S. The number of pyridine rings is 1. The highest BCUT2D eigenvalue weighted by molar-refractivity contribution is 8.00. The second-order valence-corrected chi connectivity index (χ2v) is 5.31. The molecule has 1 aromatic rings. The molecule has 2 heterocycles.